The summed E-state index contributed by atoms with van der Waals surface area (Å²) in [5.74, 6) is 1.82. The standard InChI is InChI=1S/C16H15N3O2S/c17-11-14-10-15(19(20)21)6-7-16(14)18-8-9-22-12-13-4-2-1-3-5-13/h1-7,10,18H,8-9,12H2. The molecule has 0 aliphatic rings. The second-order valence-corrected chi connectivity index (χ2v) is 5.67. The molecule has 0 unspecified atom stereocenters. The molecule has 6 heteroatoms. The Balaban J connectivity index is 1.82. The molecule has 0 aromatic heterocycles. The number of nitrogens with one attached hydrogen (secondary N) is 1. The minimum atomic E-state index is -0.500. The first-order valence-corrected chi connectivity index (χ1v) is 7.90. The fourth-order valence-electron chi connectivity index (χ4n) is 1.91. The van der Waals surface area contributed by atoms with Gasteiger partial charge in [-0.1, -0.05) is 30.3 Å². The Bertz CT molecular complexity index is 684. The molecule has 0 aliphatic carbocycles. The number of rotatable bonds is 7. The third-order valence-electron chi connectivity index (χ3n) is 3.01. The number of hydrogen-bond acceptors (Lipinski definition) is 5. The Morgan fingerprint density at radius 2 is 2.00 bits per heavy atom. The van der Waals surface area contributed by atoms with Gasteiger partial charge >= 0.3 is 0 Å². The maximum absolute atomic E-state index is 10.7. The van der Waals surface area contributed by atoms with Crippen molar-refractivity contribution in [3.63, 3.8) is 0 Å². The third kappa shape index (κ3) is 4.50. The van der Waals surface area contributed by atoms with Crippen LogP contribution >= 0.6 is 11.8 Å². The molecule has 0 spiro atoms. The van der Waals surface area contributed by atoms with Crippen LogP contribution in [-0.4, -0.2) is 17.2 Å². The van der Waals surface area contributed by atoms with Crippen molar-refractivity contribution in [1.29, 1.82) is 5.26 Å². The zero-order valence-corrected chi connectivity index (χ0v) is 12.7. The zero-order valence-electron chi connectivity index (χ0n) is 11.9. The van der Waals surface area contributed by atoms with E-state index in [4.69, 9.17) is 5.26 Å². The van der Waals surface area contributed by atoms with E-state index in [-0.39, 0.29) is 5.69 Å². The molecule has 0 amide bonds. The highest BCUT2D eigenvalue weighted by Crippen LogP contribution is 2.21. The van der Waals surface area contributed by atoms with E-state index in [0.29, 0.717) is 17.8 Å². The number of nitrogens with zero attached hydrogens (tertiary/aromatic N) is 2. The van der Waals surface area contributed by atoms with Crippen molar-refractivity contribution in [3.8, 4) is 6.07 Å². The van der Waals surface area contributed by atoms with Crippen LogP contribution in [0.1, 0.15) is 11.1 Å². The predicted molar refractivity (Wildman–Crippen MR) is 88.9 cm³/mol. The number of nitriles is 1. The number of thioether (sulfide) groups is 1. The largest absolute Gasteiger partial charge is 0.383 e. The van der Waals surface area contributed by atoms with Crippen LogP contribution in [-0.2, 0) is 5.75 Å². The molecule has 1 N–H and O–H groups in total. The number of nitro groups is 1. The second kappa shape index (κ2) is 8.05. The summed E-state index contributed by atoms with van der Waals surface area (Å²) >= 11 is 1.79. The van der Waals surface area contributed by atoms with Crippen molar-refractivity contribution in [2.24, 2.45) is 0 Å². The van der Waals surface area contributed by atoms with Crippen LogP contribution in [0.3, 0.4) is 0 Å². The minimum absolute atomic E-state index is 0.0689. The maximum Gasteiger partial charge on any atom is 0.270 e. The van der Waals surface area contributed by atoms with Crippen molar-refractivity contribution < 1.29 is 4.92 Å². The third-order valence-corrected chi connectivity index (χ3v) is 4.04. The van der Waals surface area contributed by atoms with Crippen molar-refractivity contribution in [2.75, 3.05) is 17.6 Å². The van der Waals surface area contributed by atoms with Gasteiger partial charge in [-0.25, -0.2) is 0 Å². The second-order valence-electron chi connectivity index (χ2n) is 4.56. The van der Waals surface area contributed by atoms with Gasteiger partial charge in [0, 0.05) is 30.2 Å². The molecule has 0 atom stereocenters. The van der Waals surface area contributed by atoms with Gasteiger partial charge in [-0.3, -0.25) is 10.1 Å². The lowest BCUT2D eigenvalue weighted by Crippen LogP contribution is -2.06. The Morgan fingerprint density at radius 1 is 1.23 bits per heavy atom. The summed E-state index contributed by atoms with van der Waals surface area (Å²) in [4.78, 5) is 10.2. The Labute approximate surface area is 133 Å². The Kier molecular flexibility index (Phi) is 5.81. The SMILES string of the molecule is N#Cc1cc([N+](=O)[O-])ccc1NCCSCc1ccccc1. The van der Waals surface area contributed by atoms with Crippen LogP contribution in [0.4, 0.5) is 11.4 Å². The van der Waals surface area contributed by atoms with E-state index in [1.165, 1.54) is 17.7 Å². The smallest absolute Gasteiger partial charge is 0.270 e. The molecule has 0 heterocycles. The average Bonchev–Trinajstić information content (AvgIpc) is 2.55. The molecule has 2 rings (SSSR count). The van der Waals surface area contributed by atoms with Crippen LogP contribution in [0.5, 0.6) is 0 Å². The van der Waals surface area contributed by atoms with Gasteiger partial charge in [0.15, 0.2) is 0 Å². The molecule has 0 radical (unpaired) electrons. The van der Waals surface area contributed by atoms with E-state index in [1.807, 2.05) is 24.3 Å². The molecular weight excluding hydrogens is 298 g/mol. The summed E-state index contributed by atoms with van der Waals surface area (Å²) in [6.45, 7) is 0.698. The summed E-state index contributed by atoms with van der Waals surface area (Å²) in [6, 6.07) is 16.5. The zero-order chi connectivity index (χ0) is 15.8. The molecule has 0 saturated heterocycles. The molecule has 22 heavy (non-hydrogen) atoms. The van der Waals surface area contributed by atoms with Crippen LogP contribution in [0, 0.1) is 21.4 Å². The van der Waals surface area contributed by atoms with Crippen LogP contribution in [0.25, 0.3) is 0 Å². The monoisotopic (exact) mass is 313 g/mol. The van der Waals surface area contributed by atoms with Crippen molar-refractivity contribution in [3.05, 3.63) is 69.8 Å². The van der Waals surface area contributed by atoms with E-state index in [2.05, 4.69) is 17.4 Å². The number of benzene rings is 2. The normalized spacial score (nSPS) is 9.95. The molecule has 0 aliphatic heterocycles. The molecule has 112 valence electrons. The lowest BCUT2D eigenvalue weighted by atomic mass is 10.1. The van der Waals surface area contributed by atoms with Gasteiger partial charge in [0.1, 0.15) is 6.07 Å². The lowest BCUT2D eigenvalue weighted by Gasteiger charge is -2.08. The molecule has 0 saturated carbocycles. The van der Waals surface area contributed by atoms with E-state index in [0.717, 1.165) is 11.5 Å². The molecule has 2 aromatic carbocycles. The van der Waals surface area contributed by atoms with Gasteiger partial charge in [0.05, 0.1) is 16.2 Å². The summed E-state index contributed by atoms with van der Waals surface area (Å²) in [6.07, 6.45) is 0. The van der Waals surface area contributed by atoms with Crippen LogP contribution in [0.2, 0.25) is 0 Å². The van der Waals surface area contributed by atoms with Gasteiger partial charge in [0.2, 0.25) is 0 Å². The van der Waals surface area contributed by atoms with Crippen LogP contribution < -0.4 is 5.32 Å². The summed E-state index contributed by atoms with van der Waals surface area (Å²) < 4.78 is 0. The Morgan fingerprint density at radius 3 is 2.68 bits per heavy atom. The quantitative estimate of drug-likeness (QED) is 0.477. The van der Waals surface area contributed by atoms with E-state index in [1.54, 1.807) is 17.8 Å². The van der Waals surface area contributed by atoms with Gasteiger partial charge in [-0.2, -0.15) is 17.0 Å². The highest BCUT2D eigenvalue weighted by Gasteiger charge is 2.10. The summed E-state index contributed by atoms with van der Waals surface area (Å²) in [7, 11) is 0. The minimum Gasteiger partial charge on any atom is -0.383 e. The highest BCUT2D eigenvalue weighted by molar-refractivity contribution is 7.98. The van der Waals surface area contributed by atoms with Crippen molar-refractivity contribution >= 4 is 23.1 Å². The molecular formula is C16H15N3O2S. The van der Waals surface area contributed by atoms with Crippen LogP contribution in [0.15, 0.2) is 48.5 Å². The lowest BCUT2D eigenvalue weighted by molar-refractivity contribution is -0.384. The molecule has 5 nitrogen and oxygen atoms in total. The number of nitro benzene ring substituents is 1. The molecule has 2 aromatic rings. The number of anilines is 1. The van der Waals surface area contributed by atoms with Gasteiger partial charge in [0.25, 0.3) is 5.69 Å². The summed E-state index contributed by atoms with van der Waals surface area (Å²) in [5, 5.41) is 22.9. The first-order valence-electron chi connectivity index (χ1n) is 6.75. The molecule has 0 fully saturated rings. The summed E-state index contributed by atoms with van der Waals surface area (Å²) in [5.41, 5.74) is 2.14. The first-order chi connectivity index (χ1) is 10.7. The van der Waals surface area contributed by atoms with E-state index in [9.17, 15) is 10.1 Å². The van der Waals surface area contributed by atoms with Gasteiger partial charge in [-0.05, 0) is 11.6 Å². The number of hydrogen-bond donors (Lipinski definition) is 1. The van der Waals surface area contributed by atoms with Gasteiger partial charge < -0.3 is 5.32 Å². The average molecular weight is 313 g/mol. The van der Waals surface area contributed by atoms with Crippen molar-refractivity contribution in [2.45, 2.75) is 5.75 Å². The van der Waals surface area contributed by atoms with E-state index >= 15 is 0 Å². The fourth-order valence-corrected chi connectivity index (χ4v) is 2.73. The van der Waals surface area contributed by atoms with E-state index < -0.39 is 4.92 Å². The Hall–Kier alpha value is -2.52. The predicted octanol–water partition coefficient (Wildman–Crippen LogP) is 3.81. The maximum atomic E-state index is 10.7. The topological polar surface area (TPSA) is 79.0 Å². The van der Waals surface area contributed by atoms with Gasteiger partial charge in [-0.15, -0.1) is 0 Å². The fraction of sp³-hybridized carbons (Fsp3) is 0.188. The van der Waals surface area contributed by atoms with Crippen molar-refractivity contribution in [1.82, 2.24) is 0 Å². The first kappa shape index (κ1) is 15.9. The molecule has 0 bridgehead atoms. The number of non-ortho nitro benzene ring substituents is 1. The highest BCUT2D eigenvalue weighted by atomic mass is 32.2.